The van der Waals surface area contributed by atoms with Gasteiger partial charge in [0.2, 0.25) is 11.8 Å². The summed E-state index contributed by atoms with van der Waals surface area (Å²) >= 11 is 0. The number of methoxy groups -OCH3 is 2. The van der Waals surface area contributed by atoms with Crippen LogP contribution in [0, 0.1) is 23.7 Å². The van der Waals surface area contributed by atoms with Crippen LogP contribution in [0.4, 0.5) is 9.59 Å². The Bertz CT molecular complexity index is 2180. The molecular formula is C49H66N8O6. The molecule has 3 aromatic rings. The van der Waals surface area contributed by atoms with E-state index >= 15 is 0 Å². The molecule has 3 aliphatic carbocycles. The summed E-state index contributed by atoms with van der Waals surface area (Å²) in [7, 11) is 2.61. The summed E-state index contributed by atoms with van der Waals surface area (Å²) < 4.78 is 9.66. The maximum Gasteiger partial charge on any atom is 0.407 e. The predicted octanol–water partition coefficient (Wildman–Crippen LogP) is 8.90. The lowest BCUT2D eigenvalue weighted by Gasteiger charge is -2.37. The first-order valence-electron chi connectivity index (χ1n) is 23.0. The van der Waals surface area contributed by atoms with E-state index in [1.807, 2.05) is 49.9 Å². The highest BCUT2D eigenvalue weighted by atomic mass is 16.5. The molecule has 338 valence electrons. The number of amides is 4. The summed E-state index contributed by atoms with van der Waals surface area (Å²) in [6.45, 7) is 13.5. The number of hydrogen-bond donors (Lipinski definition) is 4. The molecular weight excluding hydrogens is 797 g/mol. The molecule has 3 fully saturated rings. The molecule has 0 spiro atoms. The van der Waals surface area contributed by atoms with Gasteiger partial charge in [0.15, 0.2) is 0 Å². The van der Waals surface area contributed by atoms with E-state index in [1.54, 1.807) is 0 Å². The average Bonchev–Trinajstić information content (AvgIpc) is 4.00. The normalized spacial score (nSPS) is 24.5. The van der Waals surface area contributed by atoms with Crippen LogP contribution in [0.5, 0.6) is 0 Å². The van der Waals surface area contributed by atoms with Crippen LogP contribution in [0.2, 0.25) is 0 Å². The lowest BCUT2D eigenvalue weighted by Crippen LogP contribution is -2.53. The molecule has 1 aromatic carbocycles. The molecule has 14 heteroatoms. The molecule has 4 atom stereocenters. The summed E-state index contributed by atoms with van der Waals surface area (Å²) in [5.41, 5.74) is 7.35. The van der Waals surface area contributed by atoms with Crippen LogP contribution in [0.25, 0.3) is 22.4 Å². The number of nitrogens with zero attached hydrogens (tertiary/aromatic N) is 4. The number of aromatic nitrogens is 4. The van der Waals surface area contributed by atoms with Crippen molar-refractivity contribution in [3.05, 3.63) is 83.9 Å². The Morgan fingerprint density at radius 1 is 0.683 bits per heavy atom. The highest BCUT2D eigenvalue weighted by Crippen LogP contribution is 2.43. The minimum absolute atomic E-state index is 0.111. The van der Waals surface area contributed by atoms with Crippen molar-refractivity contribution in [1.29, 1.82) is 0 Å². The summed E-state index contributed by atoms with van der Waals surface area (Å²) in [6, 6.07) is 6.78. The zero-order valence-corrected chi connectivity index (χ0v) is 37.9. The smallest absolute Gasteiger partial charge is 0.407 e. The molecule has 0 radical (unpaired) electrons. The van der Waals surface area contributed by atoms with E-state index in [-0.39, 0.29) is 35.7 Å². The minimum Gasteiger partial charge on any atom is -0.453 e. The lowest BCUT2D eigenvalue weighted by molar-refractivity contribution is -0.139. The van der Waals surface area contributed by atoms with Gasteiger partial charge in [-0.1, -0.05) is 70.7 Å². The van der Waals surface area contributed by atoms with Gasteiger partial charge in [-0.3, -0.25) is 9.59 Å². The third-order valence-electron chi connectivity index (χ3n) is 13.7. The van der Waals surface area contributed by atoms with E-state index in [9.17, 15) is 19.2 Å². The molecule has 1 saturated carbocycles. The van der Waals surface area contributed by atoms with Crippen LogP contribution >= 0.6 is 0 Å². The van der Waals surface area contributed by atoms with E-state index in [1.165, 1.54) is 19.8 Å². The van der Waals surface area contributed by atoms with Gasteiger partial charge in [-0.15, -0.1) is 0 Å². The lowest BCUT2D eigenvalue weighted by atomic mass is 9.73. The minimum atomic E-state index is -0.704. The van der Waals surface area contributed by atoms with Crippen LogP contribution in [0.3, 0.4) is 0 Å². The molecule has 5 aliphatic rings. The van der Waals surface area contributed by atoms with Crippen LogP contribution in [0.1, 0.15) is 133 Å². The fraction of sp³-hybridized carbons (Fsp3) is 0.551. The summed E-state index contributed by atoms with van der Waals surface area (Å²) in [5.74, 6) is 1.99. The van der Waals surface area contributed by atoms with Crippen molar-refractivity contribution in [2.45, 2.75) is 122 Å². The van der Waals surface area contributed by atoms with Gasteiger partial charge in [0, 0.05) is 18.7 Å². The predicted molar refractivity (Wildman–Crippen MR) is 243 cm³/mol. The number of aromatic amines is 2. The average molecular weight is 863 g/mol. The number of alkyl carbamates (subject to hydrolysis) is 2. The summed E-state index contributed by atoms with van der Waals surface area (Å²) in [6.07, 6.45) is 17.7. The molecule has 8 rings (SSSR count). The first-order valence-corrected chi connectivity index (χ1v) is 23.0. The SMILES string of the molecule is C=C1/C(c2cnc([C@@H]3CCCCN3C(=O)[C@@H](NC(=O)OC)C(C)C)[nH]2)=C\C=C(\c2ccc(-c3cnc([C@@H]4CCCCN4C(=O)[C@@H](NC(=O)OC)C(C)C)[nH]3)cc2)CC2CCC1CC2. The number of hydrogen-bond acceptors (Lipinski definition) is 8. The van der Waals surface area contributed by atoms with Crippen molar-refractivity contribution in [1.82, 2.24) is 40.4 Å². The first kappa shape index (κ1) is 45.4. The Morgan fingerprint density at radius 2 is 1.17 bits per heavy atom. The van der Waals surface area contributed by atoms with Crippen molar-refractivity contribution in [2.24, 2.45) is 23.7 Å². The molecule has 14 nitrogen and oxygen atoms in total. The van der Waals surface area contributed by atoms with E-state index in [2.05, 4.69) is 63.6 Å². The van der Waals surface area contributed by atoms with Crippen molar-refractivity contribution in [2.75, 3.05) is 27.3 Å². The van der Waals surface area contributed by atoms with Crippen molar-refractivity contribution >= 4 is 35.1 Å². The number of H-pyrrole nitrogens is 2. The van der Waals surface area contributed by atoms with Gasteiger partial charge >= 0.3 is 12.2 Å². The first-order chi connectivity index (χ1) is 30.4. The second-order valence-electron chi connectivity index (χ2n) is 18.5. The Kier molecular flexibility index (Phi) is 14.6. The topological polar surface area (TPSA) is 175 Å². The van der Waals surface area contributed by atoms with E-state index in [4.69, 9.17) is 19.4 Å². The van der Waals surface area contributed by atoms with Crippen LogP contribution in [-0.2, 0) is 19.1 Å². The standard InChI is InChI=1S/C49H66N8O6/c1-29(2)42(54-48(60)62-6)46(58)56-24-10-8-12-40(56)44-50-27-38(52-44)35-20-18-34(19-21-35)36-22-23-37(31(5)33-16-14-32(26-36)15-17-33)39-28-51-45(53-39)41-13-9-11-25-57(41)47(59)43(30(3)4)55-49(61)63-7/h18-23,27-30,32-33,40-43H,5,8-17,24-26H2,1-4,6-7H3,(H,50,52)(H,51,53)(H,54,60)(H,55,61)/b36-22+,37-23+/t32?,33?,40-,41-,42-,43-/m0/s1. The maximum atomic E-state index is 14.0. The summed E-state index contributed by atoms with van der Waals surface area (Å²) in [5, 5.41) is 5.50. The van der Waals surface area contributed by atoms with Crippen molar-refractivity contribution in [3.8, 4) is 11.3 Å². The number of fused-ring (bicyclic) bond motifs is 5. The van der Waals surface area contributed by atoms with Gasteiger partial charge in [-0.2, -0.15) is 0 Å². The van der Waals surface area contributed by atoms with Gasteiger partial charge in [-0.25, -0.2) is 19.6 Å². The Hall–Kier alpha value is -5.66. The molecule has 2 aromatic heterocycles. The number of nitrogens with one attached hydrogen (secondary N) is 4. The molecule has 4 heterocycles. The quantitative estimate of drug-likeness (QED) is 0.148. The summed E-state index contributed by atoms with van der Waals surface area (Å²) in [4.78, 5) is 72.7. The molecule has 2 saturated heterocycles. The molecule has 4 amide bonds. The van der Waals surface area contributed by atoms with E-state index in [0.29, 0.717) is 24.9 Å². The third kappa shape index (κ3) is 10.3. The molecule has 2 bridgehead atoms. The van der Waals surface area contributed by atoms with E-state index < -0.39 is 24.3 Å². The highest BCUT2D eigenvalue weighted by molar-refractivity contribution is 5.87. The largest absolute Gasteiger partial charge is 0.453 e. The number of likely N-dealkylation sites (tertiary alicyclic amines) is 2. The molecule has 63 heavy (non-hydrogen) atoms. The fourth-order valence-corrected chi connectivity index (χ4v) is 9.96. The maximum absolute atomic E-state index is 14.0. The zero-order chi connectivity index (χ0) is 44.8. The Balaban J connectivity index is 1.12. The van der Waals surface area contributed by atoms with Gasteiger partial charge in [0.05, 0.1) is 50.1 Å². The second kappa shape index (κ2) is 20.2. The second-order valence-corrected chi connectivity index (χ2v) is 18.5. The molecule has 0 unspecified atom stereocenters. The number of benzene rings is 1. The molecule has 4 N–H and O–H groups in total. The number of allylic oxidation sites excluding steroid dienone is 5. The van der Waals surface area contributed by atoms with Gasteiger partial charge in [0.25, 0.3) is 0 Å². The monoisotopic (exact) mass is 863 g/mol. The number of rotatable bonds is 11. The number of ether oxygens (including phenoxy) is 2. The van der Waals surface area contributed by atoms with E-state index in [0.717, 1.165) is 116 Å². The third-order valence-corrected chi connectivity index (χ3v) is 13.7. The van der Waals surface area contributed by atoms with Crippen molar-refractivity contribution in [3.63, 3.8) is 0 Å². The number of imidazole rings is 2. The van der Waals surface area contributed by atoms with Gasteiger partial charge < -0.3 is 39.9 Å². The van der Waals surface area contributed by atoms with Crippen LogP contribution in [-0.4, -0.2) is 93.1 Å². The van der Waals surface area contributed by atoms with Crippen LogP contribution < -0.4 is 10.6 Å². The fourth-order valence-electron chi connectivity index (χ4n) is 9.96. The van der Waals surface area contributed by atoms with Gasteiger partial charge in [-0.05, 0) is 117 Å². The van der Waals surface area contributed by atoms with Crippen LogP contribution in [0.15, 0.2) is 61.0 Å². The zero-order valence-electron chi connectivity index (χ0n) is 37.9. The number of carbonyl (C=O) groups excluding carboxylic acids is 4. The van der Waals surface area contributed by atoms with Gasteiger partial charge in [0.1, 0.15) is 23.7 Å². The number of carbonyl (C=O) groups is 4. The highest BCUT2D eigenvalue weighted by Gasteiger charge is 2.38. The number of piperidine rings is 2. The molecule has 2 aliphatic heterocycles. The Labute approximate surface area is 371 Å². The van der Waals surface area contributed by atoms with Crippen molar-refractivity contribution < 1.29 is 28.7 Å². The Morgan fingerprint density at radius 3 is 1.68 bits per heavy atom.